The molecule has 1 aliphatic rings. The maximum Gasteiger partial charge on any atom is 0.141 e. The van der Waals surface area contributed by atoms with Gasteiger partial charge < -0.3 is 15.2 Å². The Balaban J connectivity index is 1.50. The van der Waals surface area contributed by atoms with E-state index in [1.165, 1.54) is 5.56 Å². The molecule has 0 spiro atoms. The van der Waals surface area contributed by atoms with E-state index >= 15 is 0 Å². The lowest BCUT2D eigenvalue weighted by Gasteiger charge is -2.33. The van der Waals surface area contributed by atoms with Crippen LogP contribution in [0.5, 0.6) is 5.75 Å². The third-order valence-corrected chi connectivity index (χ3v) is 4.67. The van der Waals surface area contributed by atoms with Gasteiger partial charge in [0.2, 0.25) is 0 Å². The summed E-state index contributed by atoms with van der Waals surface area (Å²) in [5.74, 6) is 0.906. The summed E-state index contributed by atoms with van der Waals surface area (Å²) in [6, 6.07) is 16.8. The zero-order chi connectivity index (χ0) is 16.8. The molecule has 0 unspecified atom stereocenters. The number of methoxy groups -OCH3 is 1. The Morgan fingerprint density at radius 1 is 1.04 bits per heavy atom. The number of para-hydroxylation sites is 2. The van der Waals surface area contributed by atoms with Crippen LogP contribution in [0.3, 0.4) is 0 Å². The van der Waals surface area contributed by atoms with Gasteiger partial charge in [0, 0.05) is 25.7 Å². The largest absolute Gasteiger partial charge is 0.495 e. The van der Waals surface area contributed by atoms with Crippen molar-refractivity contribution in [2.24, 2.45) is 0 Å². The van der Waals surface area contributed by atoms with E-state index < -0.39 is 0 Å². The molecule has 1 fully saturated rings. The molecule has 1 saturated heterocycles. The van der Waals surface area contributed by atoms with E-state index in [-0.39, 0.29) is 6.61 Å². The molecular formula is C20H26N2O2. The number of ether oxygens (including phenoxy) is 1. The zero-order valence-electron chi connectivity index (χ0n) is 14.2. The van der Waals surface area contributed by atoms with Crippen LogP contribution in [-0.2, 0) is 13.2 Å². The normalized spacial score (nSPS) is 16.1. The molecule has 0 aromatic heterocycles. The van der Waals surface area contributed by atoms with Crippen LogP contribution in [0.15, 0.2) is 48.5 Å². The van der Waals surface area contributed by atoms with Crippen molar-refractivity contribution in [3.63, 3.8) is 0 Å². The quantitative estimate of drug-likeness (QED) is 0.855. The average Bonchev–Trinajstić information content (AvgIpc) is 2.64. The van der Waals surface area contributed by atoms with Crippen molar-refractivity contribution < 1.29 is 9.84 Å². The standard InChI is InChI=1S/C20H26N2O2/c1-24-20-5-3-2-4-19(20)21-18-10-12-22(13-11-18)14-16-6-8-17(15-23)9-7-16/h2-9,18,21,23H,10-15H2,1H3. The van der Waals surface area contributed by atoms with Crippen LogP contribution >= 0.6 is 0 Å². The number of likely N-dealkylation sites (tertiary alicyclic amines) is 1. The molecule has 0 radical (unpaired) electrons. The van der Waals surface area contributed by atoms with Gasteiger partial charge in [-0.15, -0.1) is 0 Å². The first-order valence-corrected chi connectivity index (χ1v) is 8.59. The molecule has 4 nitrogen and oxygen atoms in total. The highest BCUT2D eigenvalue weighted by Crippen LogP contribution is 2.26. The predicted octanol–water partition coefficient (Wildman–Crippen LogP) is 3.26. The maximum absolute atomic E-state index is 9.11. The Kier molecular flexibility index (Phi) is 5.72. The lowest BCUT2D eigenvalue weighted by atomic mass is 10.0. The number of benzene rings is 2. The molecule has 3 rings (SSSR count). The smallest absolute Gasteiger partial charge is 0.141 e. The van der Waals surface area contributed by atoms with Gasteiger partial charge in [0.1, 0.15) is 5.75 Å². The molecule has 0 aliphatic carbocycles. The fourth-order valence-electron chi connectivity index (χ4n) is 3.23. The van der Waals surface area contributed by atoms with Crippen molar-refractivity contribution >= 4 is 5.69 Å². The molecule has 2 N–H and O–H groups in total. The van der Waals surface area contributed by atoms with E-state index in [1.807, 2.05) is 30.3 Å². The van der Waals surface area contributed by atoms with E-state index in [9.17, 15) is 0 Å². The van der Waals surface area contributed by atoms with Crippen molar-refractivity contribution in [3.05, 3.63) is 59.7 Å². The minimum Gasteiger partial charge on any atom is -0.495 e. The fraction of sp³-hybridized carbons (Fsp3) is 0.400. The molecule has 0 bridgehead atoms. The number of nitrogens with one attached hydrogen (secondary N) is 1. The highest BCUT2D eigenvalue weighted by atomic mass is 16.5. The lowest BCUT2D eigenvalue weighted by Crippen LogP contribution is -2.38. The van der Waals surface area contributed by atoms with Crippen molar-refractivity contribution in [3.8, 4) is 5.75 Å². The Bertz CT molecular complexity index is 634. The number of anilines is 1. The highest BCUT2D eigenvalue weighted by Gasteiger charge is 2.19. The summed E-state index contributed by atoms with van der Waals surface area (Å²) in [6.45, 7) is 3.27. The van der Waals surface area contributed by atoms with Gasteiger partial charge in [0.05, 0.1) is 19.4 Å². The van der Waals surface area contributed by atoms with Gasteiger partial charge in [0.15, 0.2) is 0 Å². The summed E-state index contributed by atoms with van der Waals surface area (Å²) in [7, 11) is 1.71. The first-order valence-electron chi connectivity index (χ1n) is 8.59. The Labute approximate surface area is 144 Å². The van der Waals surface area contributed by atoms with E-state index in [1.54, 1.807) is 7.11 Å². The van der Waals surface area contributed by atoms with Crippen molar-refractivity contribution in [1.29, 1.82) is 0 Å². The minimum absolute atomic E-state index is 0.111. The SMILES string of the molecule is COc1ccccc1NC1CCN(Cc2ccc(CO)cc2)CC1. The van der Waals surface area contributed by atoms with Gasteiger partial charge in [0.25, 0.3) is 0 Å². The monoisotopic (exact) mass is 326 g/mol. The number of piperidine rings is 1. The molecule has 1 aliphatic heterocycles. The van der Waals surface area contributed by atoms with Crippen molar-refractivity contribution in [2.45, 2.75) is 32.0 Å². The van der Waals surface area contributed by atoms with Crippen LogP contribution in [-0.4, -0.2) is 36.2 Å². The number of aliphatic hydroxyl groups excluding tert-OH is 1. The number of rotatable bonds is 6. The zero-order valence-corrected chi connectivity index (χ0v) is 14.2. The van der Waals surface area contributed by atoms with Crippen LogP contribution < -0.4 is 10.1 Å². The summed E-state index contributed by atoms with van der Waals surface area (Å²) in [5, 5.41) is 12.7. The second kappa shape index (κ2) is 8.18. The fourth-order valence-corrected chi connectivity index (χ4v) is 3.23. The third-order valence-electron chi connectivity index (χ3n) is 4.67. The van der Waals surface area contributed by atoms with Gasteiger partial charge in [-0.2, -0.15) is 0 Å². The topological polar surface area (TPSA) is 44.7 Å². The van der Waals surface area contributed by atoms with Crippen molar-refractivity contribution in [1.82, 2.24) is 4.90 Å². The summed E-state index contributed by atoms with van der Waals surface area (Å²) >= 11 is 0. The molecule has 4 heteroatoms. The number of hydrogen-bond acceptors (Lipinski definition) is 4. The molecule has 2 aromatic carbocycles. The Hall–Kier alpha value is -2.04. The predicted molar refractivity (Wildman–Crippen MR) is 97.3 cm³/mol. The Morgan fingerprint density at radius 2 is 1.71 bits per heavy atom. The molecule has 2 aromatic rings. The van der Waals surface area contributed by atoms with Gasteiger partial charge in [-0.3, -0.25) is 4.90 Å². The van der Waals surface area contributed by atoms with Gasteiger partial charge in [-0.05, 0) is 36.1 Å². The van der Waals surface area contributed by atoms with Gasteiger partial charge >= 0.3 is 0 Å². The molecule has 1 heterocycles. The molecule has 0 saturated carbocycles. The first-order chi connectivity index (χ1) is 11.8. The maximum atomic E-state index is 9.11. The minimum atomic E-state index is 0.111. The molecule has 24 heavy (non-hydrogen) atoms. The highest BCUT2D eigenvalue weighted by molar-refractivity contribution is 5.56. The summed E-state index contributed by atoms with van der Waals surface area (Å²) < 4.78 is 5.42. The van der Waals surface area contributed by atoms with Crippen LogP contribution in [0.4, 0.5) is 5.69 Å². The number of nitrogens with zero attached hydrogens (tertiary/aromatic N) is 1. The van der Waals surface area contributed by atoms with Crippen LogP contribution in [0.2, 0.25) is 0 Å². The van der Waals surface area contributed by atoms with Crippen molar-refractivity contribution in [2.75, 3.05) is 25.5 Å². The van der Waals surface area contributed by atoms with E-state index in [0.717, 1.165) is 49.5 Å². The summed E-state index contributed by atoms with van der Waals surface area (Å²) in [4.78, 5) is 2.49. The first kappa shape index (κ1) is 16.8. The average molecular weight is 326 g/mol. The van der Waals surface area contributed by atoms with Crippen LogP contribution in [0.1, 0.15) is 24.0 Å². The van der Waals surface area contributed by atoms with E-state index in [0.29, 0.717) is 6.04 Å². The summed E-state index contributed by atoms with van der Waals surface area (Å²) in [6.07, 6.45) is 2.26. The lowest BCUT2D eigenvalue weighted by molar-refractivity contribution is 0.211. The molecule has 0 atom stereocenters. The summed E-state index contributed by atoms with van der Waals surface area (Å²) in [5.41, 5.74) is 3.36. The second-order valence-corrected chi connectivity index (χ2v) is 6.37. The van der Waals surface area contributed by atoms with Crippen LogP contribution in [0, 0.1) is 0 Å². The van der Waals surface area contributed by atoms with Gasteiger partial charge in [-0.1, -0.05) is 36.4 Å². The second-order valence-electron chi connectivity index (χ2n) is 6.37. The molecular weight excluding hydrogens is 300 g/mol. The number of hydrogen-bond donors (Lipinski definition) is 2. The van der Waals surface area contributed by atoms with Crippen LogP contribution in [0.25, 0.3) is 0 Å². The van der Waals surface area contributed by atoms with Gasteiger partial charge in [-0.25, -0.2) is 0 Å². The van der Waals surface area contributed by atoms with E-state index in [4.69, 9.17) is 9.84 Å². The van der Waals surface area contributed by atoms with E-state index in [2.05, 4.69) is 28.4 Å². The Morgan fingerprint density at radius 3 is 2.38 bits per heavy atom. The molecule has 0 amide bonds. The number of aliphatic hydroxyl groups is 1. The third kappa shape index (κ3) is 4.28. The molecule has 128 valence electrons.